The Balaban J connectivity index is 1.27. The predicted molar refractivity (Wildman–Crippen MR) is 138 cm³/mol. The molecule has 6 rings (SSSR count). The Morgan fingerprint density at radius 1 is 0.943 bits per heavy atom. The first-order chi connectivity index (χ1) is 17.1. The first-order valence-corrected chi connectivity index (χ1v) is 12.0. The largest absolute Gasteiger partial charge is 0.383 e. The third-order valence-corrected chi connectivity index (χ3v) is 6.91. The number of carbonyl (C=O) groups excluding carboxylic acids is 2. The molecule has 1 fully saturated rings. The maximum absolute atomic E-state index is 13.4. The number of hydrogen-bond donors (Lipinski definition) is 1. The van der Waals surface area contributed by atoms with Crippen molar-refractivity contribution in [2.45, 2.75) is 0 Å². The number of pyridine rings is 1. The Morgan fingerprint density at radius 3 is 2.57 bits per heavy atom. The molecule has 1 N–H and O–H groups in total. The summed E-state index contributed by atoms with van der Waals surface area (Å²) in [6.45, 7) is 3.57. The van der Waals surface area contributed by atoms with E-state index in [2.05, 4.69) is 15.2 Å². The van der Waals surface area contributed by atoms with Crippen molar-refractivity contribution in [3.05, 3.63) is 76.9 Å². The van der Waals surface area contributed by atoms with Crippen LogP contribution in [0, 0.1) is 0 Å². The average molecular weight is 487 g/mol. The normalized spacial score (nSPS) is 15.8. The highest BCUT2D eigenvalue weighted by atomic mass is 35.5. The summed E-state index contributed by atoms with van der Waals surface area (Å²) in [5.74, 6) is -0.527. The van der Waals surface area contributed by atoms with E-state index < -0.39 is 0 Å². The van der Waals surface area contributed by atoms with E-state index in [-0.39, 0.29) is 18.4 Å². The quantitative estimate of drug-likeness (QED) is 0.416. The van der Waals surface area contributed by atoms with Crippen LogP contribution in [0.1, 0.15) is 20.7 Å². The van der Waals surface area contributed by atoms with E-state index in [4.69, 9.17) is 16.3 Å². The van der Waals surface area contributed by atoms with Crippen LogP contribution < -0.4 is 10.2 Å². The highest BCUT2D eigenvalue weighted by molar-refractivity contribution is 6.31. The van der Waals surface area contributed by atoms with E-state index in [0.717, 1.165) is 46.1 Å². The summed E-state index contributed by atoms with van der Waals surface area (Å²) in [7, 11) is 0. The summed E-state index contributed by atoms with van der Waals surface area (Å²) in [5, 5.41) is 6.58. The van der Waals surface area contributed by atoms with Gasteiger partial charge in [-0.15, -0.1) is 0 Å². The minimum absolute atomic E-state index is 0.246. The van der Waals surface area contributed by atoms with Gasteiger partial charge in [-0.05, 0) is 42.5 Å². The Hall–Kier alpha value is -3.68. The molecule has 0 atom stereocenters. The smallest absolute Gasteiger partial charge is 0.261 e. The average Bonchev–Trinajstić information content (AvgIpc) is 2.89. The molecule has 3 heterocycles. The van der Waals surface area contributed by atoms with Gasteiger partial charge in [0.1, 0.15) is 0 Å². The maximum Gasteiger partial charge on any atom is 0.261 e. The van der Waals surface area contributed by atoms with Crippen molar-refractivity contribution in [2.75, 3.05) is 49.6 Å². The lowest BCUT2D eigenvalue weighted by Crippen LogP contribution is -2.43. The zero-order chi connectivity index (χ0) is 23.9. The van der Waals surface area contributed by atoms with Crippen LogP contribution in [0.3, 0.4) is 0 Å². The number of benzene rings is 3. The van der Waals surface area contributed by atoms with Gasteiger partial charge >= 0.3 is 0 Å². The summed E-state index contributed by atoms with van der Waals surface area (Å²) in [5.41, 5.74) is 3.83. The van der Waals surface area contributed by atoms with E-state index in [9.17, 15) is 9.59 Å². The van der Waals surface area contributed by atoms with Crippen molar-refractivity contribution in [2.24, 2.45) is 0 Å². The molecule has 35 heavy (non-hydrogen) atoms. The van der Waals surface area contributed by atoms with Crippen LogP contribution in [-0.2, 0) is 4.74 Å². The van der Waals surface area contributed by atoms with Crippen molar-refractivity contribution in [3.63, 3.8) is 0 Å². The van der Waals surface area contributed by atoms with Crippen molar-refractivity contribution >= 4 is 56.5 Å². The van der Waals surface area contributed by atoms with Gasteiger partial charge in [-0.3, -0.25) is 19.5 Å². The van der Waals surface area contributed by atoms with Gasteiger partial charge < -0.3 is 15.0 Å². The number of aromatic nitrogens is 1. The summed E-state index contributed by atoms with van der Waals surface area (Å²) in [6, 6.07) is 16.9. The zero-order valence-electron chi connectivity index (χ0n) is 19.0. The van der Waals surface area contributed by atoms with Gasteiger partial charge in [-0.25, -0.2) is 0 Å². The van der Waals surface area contributed by atoms with Crippen molar-refractivity contribution in [1.82, 2.24) is 9.88 Å². The first kappa shape index (κ1) is 21.8. The third-order valence-electron chi connectivity index (χ3n) is 6.68. The van der Waals surface area contributed by atoms with Gasteiger partial charge in [0.05, 0.1) is 18.7 Å². The first-order valence-electron chi connectivity index (χ1n) is 11.6. The number of anilines is 2. The molecule has 0 spiro atoms. The highest BCUT2D eigenvalue weighted by Crippen LogP contribution is 2.36. The molecule has 1 aromatic heterocycles. The van der Waals surface area contributed by atoms with Gasteiger partial charge in [0, 0.05) is 76.1 Å². The number of rotatable bonds is 5. The second-order valence-electron chi connectivity index (χ2n) is 8.67. The van der Waals surface area contributed by atoms with Gasteiger partial charge in [-0.2, -0.15) is 0 Å². The van der Waals surface area contributed by atoms with Crippen LogP contribution in [0.4, 0.5) is 11.4 Å². The van der Waals surface area contributed by atoms with Crippen molar-refractivity contribution in [3.8, 4) is 0 Å². The van der Waals surface area contributed by atoms with E-state index in [1.807, 2.05) is 54.6 Å². The molecule has 0 unspecified atom stereocenters. The third kappa shape index (κ3) is 3.77. The predicted octanol–water partition coefficient (Wildman–Crippen LogP) is 4.59. The van der Waals surface area contributed by atoms with Crippen molar-refractivity contribution < 1.29 is 14.3 Å². The zero-order valence-corrected chi connectivity index (χ0v) is 19.7. The number of nitrogens with one attached hydrogen (secondary N) is 1. The van der Waals surface area contributed by atoms with Crippen LogP contribution in [0.25, 0.3) is 21.7 Å². The topological polar surface area (TPSA) is 74.8 Å². The molecule has 8 heteroatoms. The Labute approximate surface area is 207 Å². The number of amides is 2. The molecule has 176 valence electrons. The number of ether oxygens (including phenoxy) is 1. The van der Waals surface area contributed by atoms with E-state index in [1.165, 1.54) is 4.90 Å². The molecule has 2 aliphatic rings. The molecule has 0 radical (unpaired) electrons. The van der Waals surface area contributed by atoms with Gasteiger partial charge in [0.25, 0.3) is 11.8 Å². The van der Waals surface area contributed by atoms with Crippen LogP contribution in [0.15, 0.2) is 60.8 Å². The van der Waals surface area contributed by atoms with Crippen molar-refractivity contribution in [1.29, 1.82) is 0 Å². The summed E-state index contributed by atoms with van der Waals surface area (Å²) >= 11 is 6.09. The van der Waals surface area contributed by atoms with E-state index >= 15 is 0 Å². The minimum atomic E-state index is -0.264. The fourth-order valence-corrected chi connectivity index (χ4v) is 5.16. The Kier molecular flexibility index (Phi) is 5.51. The van der Waals surface area contributed by atoms with Crippen LogP contribution in [0.2, 0.25) is 5.02 Å². The molecule has 1 saturated heterocycles. The Bertz CT molecular complexity index is 1460. The van der Waals surface area contributed by atoms with E-state index in [1.54, 1.807) is 6.20 Å². The maximum atomic E-state index is 13.4. The molecule has 3 aromatic carbocycles. The minimum Gasteiger partial charge on any atom is -0.383 e. The molecule has 0 aliphatic carbocycles. The number of imide groups is 1. The second-order valence-corrected chi connectivity index (χ2v) is 9.10. The molecule has 0 saturated carbocycles. The molecule has 2 aliphatic heterocycles. The number of halogens is 1. The van der Waals surface area contributed by atoms with Crippen LogP contribution in [-0.4, -0.2) is 61.1 Å². The highest BCUT2D eigenvalue weighted by Gasteiger charge is 2.33. The molecular formula is C27H23ClN4O3. The molecular weight excluding hydrogens is 464 g/mol. The molecule has 7 nitrogen and oxygen atoms in total. The fraction of sp³-hybridized carbons (Fsp3) is 0.222. The molecule has 0 bridgehead atoms. The number of fused-ring (bicyclic) bond motifs is 1. The van der Waals surface area contributed by atoms with Crippen LogP contribution >= 0.6 is 11.6 Å². The summed E-state index contributed by atoms with van der Waals surface area (Å²) in [4.78, 5) is 34.8. The monoisotopic (exact) mass is 486 g/mol. The Morgan fingerprint density at radius 2 is 1.74 bits per heavy atom. The van der Waals surface area contributed by atoms with Crippen LogP contribution in [0.5, 0.6) is 0 Å². The lowest BCUT2D eigenvalue weighted by molar-refractivity contribution is 0.0617. The number of morpholine rings is 1. The van der Waals surface area contributed by atoms with Gasteiger partial charge in [0.2, 0.25) is 0 Å². The summed E-state index contributed by atoms with van der Waals surface area (Å²) < 4.78 is 5.49. The van der Waals surface area contributed by atoms with E-state index in [0.29, 0.717) is 35.9 Å². The number of carbonyl (C=O) groups is 2. The lowest BCUT2D eigenvalue weighted by Gasteiger charge is -2.32. The summed E-state index contributed by atoms with van der Waals surface area (Å²) in [6.07, 6.45) is 1.71. The number of nitrogens with zero attached hydrogens (tertiary/aromatic N) is 3. The SMILES string of the molecule is O=C1c2cccc3c(N4CCOCC4)ccc(c23)C(=O)N1CCNc1ccnc2cc(Cl)ccc12. The molecule has 2 amide bonds. The fourth-order valence-electron chi connectivity index (χ4n) is 4.99. The van der Waals surface area contributed by atoms with Gasteiger partial charge in [0.15, 0.2) is 0 Å². The second kappa shape index (κ2) is 8.83. The molecule has 4 aromatic rings. The number of hydrogen-bond acceptors (Lipinski definition) is 6. The van der Waals surface area contributed by atoms with Gasteiger partial charge in [-0.1, -0.05) is 23.7 Å². The lowest BCUT2D eigenvalue weighted by atomic mass is 9.92. The standard InChI is InChI=1S/C27H23ClN4O3/c28-17-4-5-18-22(8-9-29-23(18)16-17)30-10-11-32-26(33)20-3-1-2-19-24(31-12-14-35-15-13-31)7-6-21(25(19)20)27(32)34/h1-9,16H,10-15H2,(H,29,30).